The van der Waals surface area contributed by atoms with E-state index in [1.165, 1.54) is 12.1 Å². The summed E-state index contributed by atoms with van der Waals surface area (Å²) in [6.07, 6.45) is 1.55. The van der Waals surface area contributed by atoms with Crippen molar-refractivity contribution in [1.82, 2.24) is 5.32 Å². The van der Waals surface area contributed by atoms with Crippen LogP contribution in [0.25, 0.3) is 0 Å². The summed E-state index contributed by atoms with van der Waals surface area (Å²) in [6.45, 7) is 2.36. The van der Waals surface area contributed by atoms with Gasteiger partial charge in [0.25, 0.3) is 0 Å². The number of hydrogen-bond acceptors (Lipinski definition) is 5. The molecule has 0 bridgehead atoms. The molecule has 6 nitrogen and oxygen atoms in total. The summed E-state index contributed by atoms with van der Waals surface area (Å²) in [5, 5.41) is 21.8. The number of nitrogens with one attached hydrogen (secondary N) is 1. The van der Waals surface area contributed by atoms with E-state index in [0.29, 0.717) is 32.1 Å². The molecule has 21 heavy (non-hydrogen) atoms. The minimum atomic E-state index is -0.972. The van der Waals surface area contributed by atoms with Crippen molar-refractivity contribution in [2.75, 3.05) is 33.0 Å². The average molecular weight is 295 g/mol. The summed E-state index contributed by atoms with van der Waals surface area (Å²) in [7, 11) is 0. The summed E-state index contributed by atoms with van der Waals surface area (Å²) in [5.74, 6) is -0.443. The van der Waals surface area contributed by atoms with Crippen LogP contribution in [0.15, 0.2) is 24.3 Å². The van der Waals surface area contributed by atoms with E-state index < -0.39 is 5.97 Å². The van der Waals surface area contributed by atoms with E-state index in [-0.39, 0.29) is 17.7 Å². The van der Waals surface area contributed by atoms with Gasteiger partial charge in [-0.3, -0.25) is 0 Å². The second kappa shape index (κ2) is 7.40. The Labute approximate surface area is 123 Å². The molecule has 0 aromatic heterocycles. The number of benzene rings is 1. The van der Waals surface area contributed by atoms with Gasteiger partial charge in [0.15, 0.2) is 0 Å². The summed E-state index contributed by atoms with van der Waals surface area (Å²) in [4.78, 5) is 10.9. The Morgan fingerprint density at radius 2 is 2.14 bits per heavy atom. The lowest BCUT2D eigenvalue weighted by molar-refractivity contribution is 0.0108. The number of carbonyl (C=O) groups is 1. The van der Waals surface area contributed by atoms with Gasteiger partial charge >= 0.3 is 5.97 Å². The Balaban J connectivity index is 1.78. The Morgan fingerprint density at radius 3 is 2.81 bits per heavy atom. The first kappa shape index (κ1) is 15.8. The topological polar surface area (TPSA) is 88.0 Å². The lowest BCUT2D eigenvalue weighted by Crippen LogP contribution is -2.53. The van der Waals surface area contributed by atoms with Crippen molar-refractivity contribution in [2.24, 2.45) is 0 Å². The Bertz CT molecular complexity index is 471. The molecule has 3 N–H and O–H groups in total. The van der Waals surface area contributed by atoms with Crippen LogP contribution in [-0.4, -0.2) is 54.7 Å². The molecule has 2 rings (SSSR count). The van der Waals surface area contributed by atoms with Crippen LogP contribution in [0.5, 0.6) is 5.75 Å². The van der Waals surface area contributed by atoms with E-state index in [1.54, 1.807) is 12.1 Å². The van der Waals surface area contributed by atoms with Crippen molar-refractivity contribution in [2.45, 2.75) is 18.4 Å². The van der Waals surface area contributed by atoms with Gasteiger partial charge in [0.05, 0.1) is 12.2 Å². The molecule has 6 heteroatoms. The zero-order chi connectivity index (χ0) is 15.1. The van der Waals surface area contributed by atoms with E-state index in [9.17, 15) is 9.90 Å². The third-order valence-electron chi connectivity index (χ3n) is 3.70. The number of aliphatic hydroxyl groups excluding tert-OH is 1. The van der Waals surface area contributed by atoms with Gasteiger partial charge in [0, 0.05) is 25.3 Å². The van der Waals surface area contributed by atoms with Crippen LogP contribution in [0, 0.1) is 0 Å². The van der Waals surface area contributed by atoms with Crippen molar-refractivity contribution < 1.29 is 24.5 Å². The fourth-order valence-corrected chi connectivity index (χ4v) is 2.36. The number of carboxylic acids is 1. The highest BCUT2D eigenvalue weighted by Crippen LogP contribution is 2.19. The molecule has 1 saturated heterocycles. The smallest absolute Gasteiger partial charge is 0.335 e. The normalized spacial score (nSPS) is 17.4. The lowest BCUT2D eigenvalue weighted by Gasteiger charge is -2.36. The fourth-order valence-electron chi connectivity index (χ4n) is 2.36. The highest BCUT2D eigenvalue weighted by atomic mass is 16.5. The summed E-state index contributed by atoms with van der Waals surface area (Å²) in [6, 6.07) is 6.40. The first-order chi connectivity index (χ1) is 10.2. The maximum absolute atomic E-state index is 10.9. The van der Waals surface area contributed by atoms with Crippen molar-refractivity contribution in [1.29, 1.82) is 0 Å². The molecule has 1 heterocycles. The summed E-state index contributed by atoms with van der Waals surface area (Å²) >= 11 is 0. The molecular weight excluding hydrogens is 274 g/mol. The Kier molecular flexibility index (Phi) is 5.55. The fraction of sp³-hybridized carbons (Fsp3) is 0.533. The van der Waals surface area contributed by atoms with Gasteiger partial charge < -0.3 is 25.0 Å². The zero-order valence-electron chi connectivity index (χ0n) is 11.9. The lowest BCUT2D eigenvalue weighted by atomic mass is 9.91. The van der Waals surface area contributed by atoms with Gasteiger partial charge in [0.2, 0.25) is 0 Å². The standard InChI is InChI=1S/C15H21NO5/c17-11-15(4-7-20-8-5-15)16-6-9-21-13-3-1-2-12(10-13)14(18)19/h1-3,10,16-17H,4-9,11H2,(H,18,19). The molecule has 1 fully saturated rings. The average Bonchev–Trinajstić information content (AvgIpc) is 2.53. The van der Waals surface area contributed by atoms with E-state index in [1.807, 2.05) is 0 Å². The van der Waals surface area contributed by atoms with Gasteiger partial charge in [0.1, 0.15) is 12.4 Å². The minimum absolute atomic E-state index is 0.0743. The van der Waals surface area contributed by atoms with Crippen LogP contribution >= 0.6 is 0 Å². The summed E-state index contributed by atoms with van der Waals surface area (Å²) in [5.41, 5.74) is -0.0819. The first-order valence-corrected chi connectivity index (χ1v) is 7.05. The number of rotatable bonds is 7. The predicted octanol–water partition coefficient (Wildman–Crippen LogP) is 0.895. The number of aliphatic hydroxyl groups is 1. The van der Waals surface area contributed by atoms with Crippen LogP contribution in [-0.2, 0) is 4.74 Å². The third-order valence-corrected chi connectivity index (χ3v) is 3.70. The molecule has 0 aliphatic carbocycles. The van der Waals surface area contributed by atoms with Gasteiger partial charge in [-0.25, -0.2) is 4.79 Å². The van der Waals surface area contributed by atoms with Crippen molar-refractivity contribution in [3.05, 3.63) is 29.8 Å². The van der Waals surface area contributed by atoms with Gasteiger partial charge in [-0.15, -0.1) is 0 Å². The van der Waals surface area contributed by atoms with E-state index >= 15 is 0 Å². The minimum Gasteiger partial charge on any atom is -0.492 e. The molecule has 0 spiro atoms. The van der Waals surface area contributed by atoms with Crippen LogP contribution in [0.1, 0.15) is 23.2 Å². The predicted molar refractivity (Wildman–Crippen MR) is 76.8 cm³/mol. The number of aromatic carboxylic acids is 1. The van der Waals surface area contributed by atoms with Crippen LogP contribution in [0.2, 0.25) is 0 Å². The molecule has 1 aliphatic heterocycles. The van der Waals surface area contributed by atoms with Crippen LogP contribution in [0.4, 0.5) is 0 Å². The third kappa shape index (κ3) is 4.42. The Morgan fingerprint density at radius 1 is 1.38 bits per heavy atom. The van der Waals surface area contributed by atoms with Gasteiger partial charge in [-0.05, 0) is 31.0 Å². The Hall–Kier alpha value is -1.63. The first-order valence-electron chi connectivity index (χ1n) is 7.05. The number of carboxylic acid groups (broad SMARTS) is 1. The van der Waals surface area contributed by atoms with Crippen molar-refractivity contribution >= 4 is 5.97 Å². The monoisotopic (exact) mass is 295 g/mol. The maximum atomic E-state index is 10.9. The quantitative estimate of drug-likeness (QED) is 0.648. The van der Waals surface area contributed by atoms with Gasteiger partial charge in [-0.1, -0.05) is 6.07 Å². The van der Waals surface area contributed by atoms with Crippen molar-refractivity contribution in [3.63, 3.8) is 0 Å². The molecule has 1 aromatic carbocycles. The second-order valence-corrected chi connectivity index (χ2v) is 5.16. The summed E-state index contributed by atoms with van der Waals surface area (Å²) < 4.78 is 10.8. The molecule has 0 saturated carbocycles. The van der Waals surface area contributed by atoms with E-state index in [4.69, 9.17) is 14.6 Å². The molecule has 0 atom stereocenters. The molecule has 0 amide bonds. The van der Waals surface area contributed by atoms with Crippen molar-refractivity contribution in [3.8, 4) is 5.75 Å². The maximum Gasteiger partial charge on any atom is 0.335 e. The highest BCUT2D eigenvalue weighted by molar-refractivity contribution is 5.87. The molecule has 116 valence electrons. The molecule has 1 aliphatic rings. The largest absolute Gasteiger partial charge is 0.492 e. The van der Waals surface area contributed by atoms with E-state index in [0.717, 1.165) is 12.8 Å². The zero-order valence-corrected chi connectivity index (χ0v) is 11.9. The SMILES string of the molecule is O=C(O)c1cccc(OCCNC2(CO)CCOCC2)c1. The number of ether oxygens (including phenoxy) is 2. The second-order valence-electron chi connectivity index (χ2n) is 5.16. The van der Waals surface area contributed by atoms with E-state index in [2.05, 4.69) is 5.32 Å². The highest BCUT2D eigenvalue weighted by Gasteiger charge is 2.30. The van der Waals surface area contributed by atoms with Gasteiger partial charge in [-0.2, -0.15) is 0 Å². The molecule has 1 aromatic rings. The number of hydrogen-bond donors (Lipinski definition) is 3. The molecular formula is C15H21NO5. The van der Waals surface area contributed by atoms with Crippen LogP contribution in [0.3, 0.4) is 0 Å². The molecule has 0 radical (unpaired) electrons. The molecule has 0 unspecified atom stereocenters. The van der Waals surface area contributed by atoms with Crippen LogP contribution < -0.4 is 10.1 Å².